The van der Waals surface area contributed by atoms with E-state index in [1.165, 1.54) is 44.1 Å². The molecule has 1 saturated carbocycles. The molecule has 1 nitrogen and oxygen atoms in total. The molecule has 1 N–H and O–H groups in total. The van der Waals surface area contributed by atoms with Crippen LogP contribution < -0.4 is 5.32 Å². The van der Waals surface area contributed by atoms with Crippen molar-refractivity contribution in [3.63, 3.8) is 0 Å². The van der Waals surface area contributed by atoms with Gasteiger partial charge in [0, 0.05) is 17.5 Å². The summed E-state index contributed by atoms with van der Waals surface area (Å²) in [6.45, 7) is 10.1. The monoisotopic (exact) mass is 273 g/mol. The highest BCUT2D eigenvalue weighted by Crippen LogP contribution is 2.38. The average Bonchev–Trinajstić information content (AvgIpc) is 2.62. The van der Waals surface area contributed by atoms with Crippen LogP contribution >= 0.6 is 0 Å². The molecule has 112 valence electrons. The Kier molecular flexibility index (Phi) is 4.90. The standard InChI is InChI=1S/C19H31N/c1-16-10-9-11-17(14-16)19(15-20-18(2,3)4)12-7-5-6-8-13-19/h9-11,14,20H,5-8,12-13,15H2,1-4H3. The molecule has 1 aromatic carbocycles. The minimum atomic E-state index is 0.198. The van der Waals surface area contributed by atoms with Gasteiger partial charge in [-0.1, -0.05) is 55.5 Å². The van der Waals surface area contributed by atoms with E-state index in [4.69, 9.17) is 0 Å². The van der Waals surface area contributed by atoms with E-state index in [-0.39, 0.29) is 5.54 Å². The summed E-state index contributed by atoms with van der Waals surface area (Å²) in [7, 11) is 0. The van der Waals surface area contributed by atoms with Gasteiger partial charge in [-0.25, -0.2) is 0 Å². The van der Waals surface area contributed by atoms with Crippen molar-refractivity contribution in [1.29, 1.82) is 0 Å². The van der Waals surface area contributed by atoms with Crippen molar-refractivity contribution in [2.75, 3.05) is 6.54 Å². The Bertz CT molecular complexity index is 420. The summed E-state index contributed by atoms with van der Waals surface area (Å²) in [5.41, 5.74) is 3.48. The first-order valence-electron chi connectivity index (χ1n) is 8.24. The van der Waals surface area contributed by atoms with E-state index < -0.39 is 0 Å². The van der Waals surface area contributed by atoms with Crippen molar-refractivity contribution < 1.29 is 0 Å². The van der Waals surface area contributed by atoms with Crippen LogP contribution in [0.2, 0.25) is 0 Å². The summed E-state index contributed by atoms with van der Waals surface area (Å²) in [5, 5.41) is 3.78. The van der Waals surface area contributed by atoms with Crippen molar-refractivity contribution in [3.8, 4) is 0 Å². The van der Waals surface area contributed by atoms with Gasteiger partial charge in [0.05, 0.1) is 0 Å². The Morgan fingerprint density at radius 1 is 1.05 bits per heavy atom. The molecule has 1 aliphatic rings. The Labute approximate surface area is 125 Å². The summed E-state index contributed by atoms with van der Waals surface area (Å²) in [5.74, 6) is 0. The highest BCUT2D eigenvalue weighted by atomic mass is 15.0. The van der Waals surface area contributed by atoms with Crippen molar-refractivity contribution in [2.24, 2.45) is 0 Å². The molecule has 0 bridgehead atoms. The van der Waals surface area contributed by atoms with Crippen molar-refractivity contribution in [2.45, 2.75) is 77.2 Å². The van der Waals surface area contributed by atoms with Gasteiger partial charge in [-0.15, -0.1) is 0 Å². The molecule has 1 fully saturated rings. The van der Waals surface area contributed by atoms with Crippen LogP contribution in [0.5, 0.6) is 0 Å². The van der Waals surface area contributed by atoms with E-state index >= 15 is 0 Å². The highest BCUT2D eigenvalue weighted by molar-refractivity contribution is 5.30. The summed E-state index contributed by atoms with van der Waals surface area (Å²) in [6.07, 6.45) is 8.23. The van der Waals surface area contributed by atoms with Crippen LogP contribution in [0.15, 0.2) is 24.3 Å². The molecular formula is C19H31N. The topological polar surface area (TPSA) is 12.0 Å². The Balaban J connectivity index is 2.27. The van der Waals surface area contributed by atoms with Gasteiger partial charge in [-0.2, -0.15) is 0 Å². The van der Waals surface area contributed by atoms with Crippen molar-refractivity contribution in [1.82, 2.24) is 5.32 Å². The van der Waals surface area contributed by atoms with Gasteiger partial charge in [-0.3, -0.25) is 0 Å². The first kappa shape index (κ1) is 15.6. The SMILES string of the molecule is Cc1cccc(C2(CNC(C)(C)C)CCCCCC2)c1. The second-order valence-electron chi connectivity index (χ2n) is 7.67. The lowest BCUT2D eigenvalue weighted by molar-refractivity contribution is 0.300. The fourth-order valence-electron chi connectivity index (χ4n) is 3.38. The van der Waals surface area contributed by atoms with Crippen LogP contribution in [-0.2, 0) is 5.41 Å². The molecule has 0 aliphatic heterocycles. The minimum absolute atomic E-state index is 0.198. The average molecular weight is 273 g/mol. The lowest BCUT2D eigenvalue weighted by atomic mass is 9.73. The zero-order valence-corrected chi connectivity index (χ0v) is 13.8. The lowest BCUT2D eigenvalue weighted by Crippen LogP contribution is -2.46. The Morgan fingerprint density at radius 2 is 1.70 bits per heavy atom. The van der Waals surface area contributed by atoms with Crippen LogP contribution in [0.4, 0.5) is 0 Å². The number of hydrogen-bond acceptors (Lipinski definition) is 1. The lowest BCUT2D eigenvalue weighted by Gasteiger charge is -2.37. The summed E-state index contributed by atoms with van der Waals surface area (Å²) < 4.78 is 0. The van der Waals surface area contributed by atoms with Gasteiger partial charge in [-0.05, 0) is 46.1 Å². The molecule has 1 heteroatoms. The summed E-state index contributed by atoms with van der Waals surface area (Å²) >= 11 is 0. The van der Waals surface area contributed by atoms with E-state index in [1.54, 1.807) is 5.56 Å². The van der Waals surface area contributed by atoms with Crippen molar-refractivity contribution in [3.05, 3.63) is 35.4 Å². The molecule has 1 aromatic rings. The quantitative estimate of drug-likeness (QED) is 0.766. The molecule has 20 heavy (non-hydrogen) atoms. The molecule has 0 saturated heterocycles. The van der Waals surface area contributed by atoms with Gasteiger partial charge in [0.1, 0.15) is 0 Å². The van der Waals surface area contributed by atoms with Gasteiger partial charge >= 0.3 is 0 Å². The van der Waals surface area contributed by atoms with Crippen LogP contribution in [-0.4, -0.2) is 12.1 Å². The number of hydrogen-bond donors (Lipinski definition) is 1. The maximum atomic E-state index is 3.78. The molecule has 0 spiro atoms. The molecule has 0 radical (unpaired) electrons. The second kappa shape index (κ2) is 6.30. The normalized spacial score (nSPS) is 19.6. The molecular weight excluding hydrogens is 242 g/mol. The van der Waals surface area contributed by atoms with Gasteiger partial charge in [0.15, 0.2) is 0 Å². The smallest absolute Gasteiger partial charge is 0.00968 e. The molecule has 1 aliphatic carbocycles. The molecule has 0 unspecified atom stereocenters. The van der Waals surface area contributed by atoms with E-state index in [0.717, 1.165) is 6.54 Å². The van der Waals surface area contributed by atoms with E-state index in [1.807, 2.05) is 0 Å². The minimum Gasteiger partial charge on any atom is -0.311 e. The van der Waals surface area contributed by atoms with Crippen molar-refractivity contribution >= 4 is 0 Å². The third-order valence-corrected chi connectivity index (χ3v) is 4.65. The second-order valence-corrected chi connectivity index (χ2v) is 7.67. The zero-order chi connectivity index (χ0) is 14.6. The first-order valence-corrected chi connectivity index (χ1v) is 8.24. The summed E-state index contributed by atoms with van der Waals surface area (Å²) in [6, 6.07) is 9.21. The van der Waals surface area contributed by atoms with Crippen LogP contribution in [0.25, 0.3) is 0 Å². The highest BCUT2D eigenvalue weighted by Gasteiger charge is 2.33. The molecule has 2 rings (SSSR count). The maximum absolute atomic E-state index is 3.78. The number of rotatable bonds is 3. The molecule has 0 heterocycles. The Morgan fingerprint density at radius 3 is 2.25 bits per heavy atom. The van der Waals surface area contributed by atoms with Crippen LogP contribution in [0, 0.1) is 6.92 Å². The predicted molar refractivity (Wildman–Crippen MR) is 88.3 cm³/mol. The predicted octanol–water partition coefficient (Wildman–Crippen LogP) is 4.98. The van der Waals surface area contributed by atoms with Crippen LogP contribution in [0.1, 0.15) is 70.4 Å². The molecule has 0 atom stereocenters. The number of aryl methyl sites for hydroxylation is 1. The van der Waals surface area contributed by atoms with Crippen LogP contribution in [0.3, 0.4) is 0 Å². The van der Waals surface area contributed by atoms with E-state index in [2.05, 4.69) is 57.3 Å². The zero-order valence-electron chi connectivity index (χ0n) is 13.8. The third-order valence-electron chi connectivity index (χ3n) is 4.65. The molecule has 0 aromatic heterocycles. The fourth-order valence-corrected chi connectivity index (χ4v) is 3.38. The fraction of sp³-hybridized carbons (Fsp3) is 0.684. The van der Waals surface area contributed by atoms with Gasteiger partial charge in [0.2, 0.25) is 0 Å². The summed E-state index contributed by atoms with van der Waals surface area (Å²) in [4.78, 5) is 0. The first-order chi connectivity index (χ1) is 9.41. The third kappa shape index (κ3) is 4.09. The van der Waals surface area contributed by atoms with Gasteiger partial charge < -0.3 is 5.32 Å². The van der Waals surface area contributed by atoms with E-state index in [0.29, 0.717) is 5.41 Å². The van der Waals surface area contributed by atoms with Gasteiger partial charge in [0.25, 0.3) is 0 Å². The largest absolute Gasteiger partial charge is 0.311 e. The Hall–Kier alpha value is -0.820. The number of nitrogens with one attached hydrogen (secondary N) is 1. The van der Waals surface area contributed by atoms with E-state index in [9.17, 15) is 0 Å². The maximum Gasteiger partial charge on any atom is 0.00968 e. The number of benzene rings is 1. The molecule has 0 amide bonds.